The van der Waals surface area contributed by atoms with Gasteiger partial charge >= 0.3 is 0 Å². The molecular weight excluding hydrogens is 500 g/mol. The topological polar surface area (TPSA) is 38.9 Å². The number of benzene rings is 5. The molecule has 0 radical (unpaired) electrons. The summed E-state index contributed by atoms with van der Waals surface area (Å²) in [5.41, 5.74) is 28.3. The molecule has 0 unspecified atom stereocenters. The van der Waals surface area contributed by atoms with Crippen LogP contribution < -0.4 is 0 Å². The Balaban J connectivity index is 1.28. The molecule has 0 bridgehead atoms. The van der Waals surface area contributed by atoms with Crippen molar-refractivity contribution in [2.75, 3.05) is 0 Å². The Hall–Kier alpha value is -5.02. The Morgan fingerprint density at radius 1 is 0.512 bits per heavy atom. The zero-order valence-corrected chi connectivity index (χ0v) is 22.1. The predicted molar refractivity (Wildman–Crippen MR) is 161 cm³/mol. The van der Waals surface area contributed by atoms with Gasteiger partial charge in [-0.15, -0.1) is 0 Å². The highest BCUT2D eigenvalue weighted by molar-refractivity contribution is 6.15. The minimum Gasteiger partial charge on any atom is -0.452 e. The highest BCUT2D eigenvalue weighted by Gasteiger charge is 2.42. The second-order valence-electron chi connectivity index (χ2n) is 12.4. The van der Waals surface area contributed by atoms with Gasteiger partial charge in [-0.25, -0.2) is 9.97 Å². The van der Waals surface area contributed by atoms with Gasteiger partial charge in [-0.2, -0.15) is 0 Å². The summed E-state index contributed by atoms with van der Waals surface area (Å²) in [6, 6.07) is 25.1. The molecule has 2 aromatic heterocycles. The second-order valence-corrected chi connectivity index (χ2v) is 12.4. The molecule has 7 aromatic rings. The Morgan fingerprint density at radius 2 is 1.05 bits per heavy atom. The summed E-state index contributed by atoms with van der Waals surface area (Å²) in [5, 5.41) is 1.04. The first-order valence-corrected chi connectivity index (χ1v) is 14.6. The first kappa shape index (κ1) is 19.9. The fourth-order valence-electron chi connectivity index (χ4n) is 9.06. The number of rotatable bonds is 1. The maximum atomic E-state index is 6.48. The van der Waals surface area contributed by atoms with Crippen LogP contribution >= 0.6 is 0 Å². The lowest BCUT2D eigenvalue weighted by molar-refractivity contribution is 0.667. The summed E-state index contributed by atoms with van der Waals surface area (Å²) in [7, 11) is 0. The van der Waals surface area contributed by atoms with Crippen LogP contribution in [-0.2, 0) is 25.7 Å². The van der Waals surface area contributed by atoms with Crippen molar-refractivity contribution in [3.05, 3.63) is 118 Å². The van der Waals surface area contributed by atoms with E-state index in [1.807, 2.05) is 12.1 Å². The van der Waals surface area contributed by atoms with E-state index >= 15 is 0 Å². The van der Waals surface area contributed by atoms with Crippen molar-refractivity contribution in [1.29, 1.82) is 0 Å². The van der Waals surface area contributed by atoms with Gasteiger partial charge in [-0.3, -0.25) is 0 Å². The largest absolute Gasteiger partial charge is 0.452 e. The molecule has 0 spiro atoms. The summed E-state index contributed by atoms with van der Waals surface area (Å²) < 4.78 is 6.48. The minimum absolute atomic E-state index is 0.790. The second kappa shape index (κ2) is 6.31. The van der Waals surface area contributed by atoms with Gasteiger partial charge in [0.2, 0.25) is 0 Å². The molecule has 41 heavy (non-hydrogen) atoms. The lowest BCUT2D eigenvalue weighted by atomic mass is 9.80. The number of fused-ring (bicyclic) bond motifs is 3. The van der Waals surface area contributed by atoms with Crippen molar-refractivity contribution < 1.29 is 4.42 Å². The van der Waals surface area contributed by atoms with Crippen molar-refractivity contribution in [2.45, 2.75) is 25.7 Å². The van der Waals surface area contributed by atoms with E-state index in [9.17, 15) is 0 Å². The SMILES string of the molecule is c1ccc2c(c1)oc1c(-c3cc4c5c6c3Cc3ccc7c(c3-6)-c3c(ccc6c3-c3c(ccc(c3-5)C4)C6)C7)ncnc12. The summed E-state index contributed by atoms with van der Waals surface area (Å²) in [6.07, 6.45) is 5.66. The molecule has 188 valence electrons. The third-order valence-corrected chi connectivity index (χ3v) is 10.6. The van der Waals surface area contributed by atoms with Crippen LogP contribution in [0.5, 0.6) is 0 Å². The van der Waals surface area contributed by atoms with Gasteiger partial charge in [-0.1, -0.05) is 48.5 Å². The van der Waals surface area contributed by atoms with Gasteiger partial charge in [0.25, 0.3) is 0 Å². The first-order chi connectivity index (χ1) is 20.3. The van der Waals surface area contributed by atoms with Crippen LogP contribution in [0, 0.1) is 0 Å². The van der Waals surface area contributed by atoms with Crippen LogP contribution in [0.15, 0.2) is 77.5 Å². The molecule has 0 fully saturated rings. The van der Waals surface area contributed by atoms with E-state index in [4.69, 9.17) is 9.40 Å². The normalized spacial score (nSPS) is 14.9. The first-order valence-electron chi connectivity index (χ1n) is 14.6. The molecule has 0 N–H and O–H groups in total. The molecule has 0 atom stereocenters. The molecular formula is C38H20N2O. The van der Waals surface area contributed by atoms with Gasteiger partial charge in [0.15, 0.2) is 5.58 Å². The molecule has 5 aliphatic rings. The summed E-state index contributed by atoms with van der Waals surface area (Å²) in [5.74, 6) is 0. The number of nitrogens with zero attached hydrogens (tertiary/aromatic N) is 2. The zero-order valence-electron chi connectivity index (χ0n) is 22.1. The molecule has 5 aromatic carbocycles. The average molecular weight is 521 g/mol. The highest BCUT2D eigenvalue weighted by Crippen LogP contribution is 2.63. The summed E-state index contributed by atoms with van der Waals surface area (Å²) in [6.45, 7) is 0. The van der Waals surface area contributed by atoms with Crippen LogP contribution in [0.4, 0.5) is 0 Å². The Morgan fingerprint density at radius 3 is 1.71 bits per heavy atom. The van der Waals surface area contributed by atoms with Gasteiger partial charge < -0.3 is 4.42 Å². The van der Waals surface area contributed by atoms with Gasteiger partial charge in [0.05, 0.1) is 0 Å². The minimum atomic E-state index is 0.790. The fraction of sp³-hybridized carbons (Fsp3) is 0.105. The monoisotopic (exact) mass is 520 g/mol. The molecule has 3 nitrogen and oxygen atoms in total. The molecule has 5 aliphatic carbocycles. The maximum absolute atomic E-state index is 6.48. The molecule has 3 heteroatoms. The maximum Gasteiger partial charge on any atom is 0.180 e. The van der Waals surface area contributed by atoms with E-state index in [1.54, 1.807) is 6.33 Å². The molecule has 0 aliphatic heterocycles. The number of furan rings is 1. The number of para-hydroxylation sites is 1. The molecule has 0 saturated heterocycles. The number of aromatic nitrogens is 2. The average Bonchev–Trinajstić information content (AvgIpc) is 3.78. The van der Waals surface area contributed by atoms with Crippen LogP contribution in [0.3, 0.4) is 0 Å². The van der Waals surface area contributed by atoms with E-state index in [2.05, 4.69) is 59.6 Å². The quantitative estimate of drug-likeness (QED) is 0.217. The van der Waals surface area contributed by atoms with Crippen molar-refractivity contribution in [3.8, 4) is 55.8 Å². The van der Waals surface area contributed by atoms with Crippen molar-refractivity contribution in [3.63, 3.8) is 0 Å². The van der Waals surface area contributed by atoms with Crippen LogP contribution in [0.25, 0.3) is 77.8 Å². The predicted octanol–water partition coefficient (Wildman–Crippen LogP) is 8.64. The van der Waals surface area contributed by atoms with Crippen LogP contribution in [-0.4, -0.2) is 9.97 Å². The molecule has 0 saturated carbocycles. The summed E-state index contributed by atoms with van der Waals surface area (Å²) >= 11 is 0. The lowest BCUT2D eigenvalue weighted by Crippen LogP contribution is -1.99. The Labute approximate surface area is 235 Å². The van der Waals surface area contributed by atoms with E-state index in [1.165, 1.54) is 94.6 Å². The van der Waals surface area contributed by atoms with E-state index in [0.717, 1.165) is 53.4 Å². The third-order valence-electron chi connectivity index (χ3n) is 10.6. The van der Waals surface area contributed by atoms with Crippen LogP contribution in [0.2, 0.25) is 0 Å². The molecule has 2 heterocycles. The summed E-state index contributed by atoms with van der Waals surface area (Å²) in [4.78, 5) is 9.61. The fourth-order valence-corrected chi connectivity index (χ4v) is 9.06. The van der Waals surface area contributed by atoms with Gasteiger partial charge in [-0.05, 0) is 133 Å². The highest BCUT2D eigenvalue weighted by atomic mass is 16.3. The standard InChI is InChI=1S/C38H20N2O/c1-2-4-27-24(3-1)36-38(41-27)37(40-16-39-36)26-15-23-13-21-8-7-19-11-17-5-6-18-12-20-9-10-22-14-25(26)35-33(22)31(20)29(18)28(17)30(19)32(21)34(23)35/h1-10,15-16H,11-14H2. The number of hydrogen-bond acceptors (Lipinski definition) is 3. The van der Waals surface area contributed by atoms with Crippen molar-refractivity contribution in [2.24, 2.45) is 0 Å². The van der Waals surface area contributed by atoms with Gasteiger partial charge in [0.1, 0.15) is 23.1 Å². The Bertz CT molecular complexity index is 2480. The zero-order chi connectivity index (χ0) is 26.1. The van der Waals surface area contributed by atoms with Crippen LogP contribution in [0.1, 0.15) is 44.5 Å². The van der Waals surface area contributed by atoms with Gasteiger partial charge in [0, 0.05) is 10.9 Å². The van der Waals surface area contributed by atoms with Crippen molar-refractivity contribution in [1.82, 2.24) is 9.97 Å². The number of hydrogen-bond donors (Lipinski definition) is 0. The third kappa shape index (κ3) is 2.09. The molecule has 12 rings (SSSR count). The van der Waals surface area contributed by atoms with E-state index < -0.39 is 0 Å². The Kier molecular flexibility index (Phi) is 3.07. The van der Waals surface area contributed by atoms with E-state index in [0.29, 0.717) is 0 Å². The van der Waals surface area contributed by atoms with Crippen molar-refractivity contribution >= 4 is 22.1 Å². The lowest BCUT2D eigenvalue weighted by Gasteiger charge is -2.23. The molecule has 0 amide bonds. The van der Waals surface area contributed by atoms with E-state index in [-0.39, 0.29) is 0 Å². The smallest absolute Gasteiger partial charge is 0.180 e.